The van der Waals surface area contributed by atoms with Gasteiger partial charge in [0.15, 0.2) is 5.54 Å². The third-order valence-electron chi connectivity index (χ3n) is 4.57. The molecule has 0 amide bonds. The van der Waals surface area contributed by atoms with Gasteiger partial charge in [-0.1, -0.05) is 64.2 Å². The van der Waals surface area contributed by atoms with Gasteiger partial charge < -0.3 is 5.11 Å². The lowest BCUT2D eigenvalue weighted by atomic mass is 9.82. The van der Waals surface area contributed by atoms with Crippen molar-refractivity contribution in [2.45, 2.75) is 70.8 Å². The van der Waals surface area contributed by atoms with Gasteiger partial charge in [0, 0.05) is 5.22 Å². The zero-order valence-corrected chi connectivity index (χ0v) is 13.8. The molecule has 0 aliphatic carbocycles. The van der Waals surface area contributed by atoms with Gasteiger partial charge in [-0.15, -0.1) is 0 Å². The minimum absolute atomic E-state index is 0.617. The molecule has 0 radical (unpaired) electrons. The summed E-state index contributed by atoms with van der Waals surface area (Å²) in [6.07, 6.45) is 7.84. The molecule has 22 heavy (non-hydrogen) atoms. The second-order valence-corrected chi connectivity index (χ2v) is 6.19. The molecule has 1 unspecified atom stereocenters. The van der Waals surface area contributed by atoms with E-state index in [1.54, 1.807) is 0 Å². The third-order valence-corrected chi connectivity index (χ3v) is 4.57. The lowest BCUT2D eigenvalue weighted by molar-refractivity contribution is -0.141. The van der Waals surface area contributed by atoms with E-state index in [-0.39, 0.29) is 0 Å². The predicted molar refractivity (Wildman–Crippen MR) is 89.3 cm³/mol. The van der Waals surface area contributed by atoms with Crippen LogP contribution in [0.1, 0.15) is 65.2 Å². The molecule has 3 nitrogen and oxygen atoms in total. The van der Waals surface area contributed by atoms with E-state index in [4.69, 9.17) is 0 Å². The number of hydrogen-bond donors (Lipinski definition) is 1. The first-order chi connectivity index (χ1) is 10.7. The van der Waals surface area contributed by atoms with Crippen molar-refractivity contribution in [3.05, 3.63) is 34.8 Å². The monoisotopic (exact) mass is 301 g/mol. The average molecular weight is 301 g/mol. The van der Waals surface area contributed by atoms with Crippen molar-refractivity contribution >= 4 is 11.5 Å². The van der Waals surface area contributed by atoms with Crippen LogP contribution in [0.4, 0.5) is 0 Å². The molecule has 1 aromatic rings. The molecule has 0 fully saturated rings. The summed E-state index contributed by atoms with van der Waals surface area (Å²) in [6, 6.07) is 7.90. The molecular formula is C19H27NO2. The van der Waals surface area contributed by atoms with Gasteiger partial charge in [-0.2, -0.15) is 0 Å². The van der Waals surface area contributed by atoms with Crippen LogP contribution in [0.5, 0.6) is 0 Å². The van der Waals surface area contributed by atoms with Crippen molar-refractivity contribution < 1.29 is 9.90 Å². The summed E-state index contributed by atoms with van der Waals surface area (Å²) in [7, 11) is 0. The SMILES string of the molecule is CCCCCC1=c2ccccc2=NC1(CCCCC)C(=O)O. The molecule has 3 heteroatoms. The standard InChI is InChI=1S/C19H27NO2/c1-3-5-7-12-16-15-11-8-9-13-17(15)20-19(16,18(21)22)14-10-6-4-2/h8-9,11,13H,3-7,10,12,14H2,1-2H3,(H,21,22). The van der Waals surface area contributed by atoms with Crippen LogP contribution in [0.15, 0.2) is 29.3 Å². The van der Waals surface area contributed by atoms with Crippen LogP contribution in [0.3, 0.4) is 0 Å². The molecule has 2 rings (SSSR count). The molecule has 0 bridgehead atoms. The summed E-state index contributed by atoms with van der Waals surface area (Å²) in [4.78, 5) is 16.8. The highest BCUT2D eigenvalue weighted by atomic mass is 16.4. The Kier molecular flexibility index (Phi) is 5.76. The van der Waals surface area contributed by atoms with Crippen molar-refractivity contribution in [1.29, 1.82) is 0 Å². The summed E-state index contributed by atoms with van der Waals surface area (Å²) < 4.78 is 0. The van der Waals surface area contributed by atoms with Crippen LogP contribution < -0.4 is 10.6 Å². The van der Waals surface area contributed by atoms with Crippen molar-refractivity contribution in [2.75, 3.05) is 0 Å². The van der Waals surface area contributed by atoms with Gasteiger partial charge in [-0.25, -0.2) is 4.79 Å². The first-order valence-electron chi connectivity index (χ1n) is 8.57. The fourth-order valence-electron chi connectivity index (χ4n) is 3.34. The summed E-state index contributed by atoms with van der Waals surface area (Å²) in [5.41, 5.74) is 0.00669. The molecule has 0 saturated carbocycles. The van der Waals surface area contributed by atoms with E-state index in [0.717, 1.165) is 61.1 Å². The topological polar surface area (TPSA) is 49.7 Å². The van der Waals surface area contributed by atoms with E-state index >= 15 is 0 Å². The second-order valence-electron chi connectivity index (χ2n) is 6.19. The highest BCUT2D eigenvalue weighted by molar-refractivity contribution is 5.93. The van der Waals surface area contributed by atoms with E-state index in [2.05, 4.69) is 18.8 Å². The summed E-state index contributed by atoms with van der Waals surface area (Å²) >= 11 is 0. The Hall–Kier alpha value is -1.64. The number of carboxylic acid groups (broad SMARTS) is 1. The van der Waals surface area contributed by atoms with Gasteiger partial charge in [0.1, 0.15) is 0 Å². The molecule has 1 aliphatic rings. The van der Waals surface area contributed by atoms with Crippen LogP contribution in [-0.2, 0) is 4.79 Å². The Bertz CT molecular complexity index is 635. The Morgan fingerprint density at radius 3 is 2.45 bits per heavy atom. The Labute approximate surface area is 132 Å². The smallest absolute Gasteiger partial charge is 0.335 e. The van der Waals surface area contributed by atoms with Gasteiger partial charge in [0.25, 0.3) is 0 Å². The van der Waals surface area contributed by atoms with E-state index in [9.17, 15) is 9.90 Å². The lowest BCUT2D eigenvalue weighted by Crippen LogP contribution is -2.38. The highest BCUT2D eigenvalue weighted by Crippen LogP contribution is 2.34. The fraction of sp³-hybridized carbons (Fsp3) is 0.579. The minimum Gasteiger partial charge on any atom is -0.479 e. The number of benzene rings is 1. The highest BCUT2D eigenvalue weighted by Gasteiger charge is 2.43. The molecule has 0 saturated heterocycles. The first-order valence-corrected chi connectivity index (χ1v) is 8.57. The predicted octanol–water partition coefficient (Wildman–Crippen LogP) is 3.45. The van der Waals surface area contributed by atoms with Crippen LogP contribution in [0.25, 0.3) is 5.57 Å². The molecule has 1 atom stereocenters. The molecule has 1 aromatic carbocycles. The molecule has 1 heterocycles. The van der Waals surface area contributed by atoms with Crippen molar-refractivity contribution in [3.8, 4) is 0 Å². The molecule has 1 aliphatic heterocycles. The van der Waals surface area contributed by atoms with Crippen LogP contribution in [0, 0.1) is 0 Å². The zero-order chi connectivity index (χ0) is 16.0. The zero-order valence-electron chi connectivity index (χ0n) is 13.8. The number of para-hydroxylation sites is 1. The van der Waals surface area contributed by atoms with Gasteiger partial charge in [-0.3, -0.25) is 4.99 Å². The summed E-state index contributed by atoms with van der Waals surface area (Å²) in [5, 5.41) is 11.9. The largest absolute Gasteiger partial charge is 0.479 e. The van der Waals surface area contributed by atoms with E-state index < -0.39 is 11.5 Å². The number of aliphatic carboxylic acids is 1. The van der Waals surface area contributed by atoms with Crippen LogP contribution >= 0.6 is 0 Å². The quantitative estimate of drug-likeness (QED) is 0.710. The number of nitrogens with zero attached hydrogens (tertiary/aromatic N) is 1. The third kappa shape index (κ3) is 3.23. The average Bonchev–Trinajstić information content (AvgIpc) is 2.83. The maximum Gasteiger partial charge on any atom is 0.335 e. The summed E-state index contributed by atoms with van der Waals surface area (Å²) in [5.74, 6) is -0.786. The van der Waals surface area contributed by atoms with Crippen molar-refractivity contribution in [3.63, 3.8) is 0 Å². The first kappa shape index (κ1) is 16.7. The maximum atomic E-state index is 12.1. The number of hydrogen-bond acceptors (Lipinski definition) is 2. The second kappa shape index (κ2) is 7.57. The van der Waals surface area contributed by atoms with Crippen LogP contribution in [0.2, 0.25) is 0 Å². The number of rotatable bonds is 9. The van der Waals surface area contributed by atoms with Gasteiger partial charge >= 0.3 is 5.97 Å². The van der Waals surface area contributed by atoms with Gasteiger partial charge in [0.05, 0.1) is 5.36 Å². The summed E-state index contributed by atoms with van der Waals surface area (Å²) in [6.45, 7) is 4.31. The molecule has 1 N–H and O–H groups in total. The van der Waals surface area contributed by atoms with Gasteiger partial charge in [0.2, 0.25) is 0 Å². The lowest BCUT2D eigenvalue weighted by Gasteiger charge is -2.26. The molecule has 0 spiro atoms. The minimum atomic E-state index is -1.02. The number of carbonyl (C=O) groups is 1. The van der Waals surface area contributed by atoms with Crippen molar-refractivity contribution in [2.24, 2.45) is 4.99 Å². The molecular weight excluding hydrogens is 274 g/mol. The Morgan fingerprint density at radius 2 is 1.77 bits per heavy atom. The number of fused-ring (bicyclic) bond motifs is 1. The Balaban J connectivity index is 2.43. The Morgan fingerprint density at radius 1 is 1.09 bits per heavy atom. The van der Waals surface area contributed by atoms with E-state index in [1.807, 2.05) is 24.3 Å². The number of unbranched alkanes of at least 4 members (excludes halogenated alkanes) is 4. The maximum absolute atomic E-state index is 12.1. The van der Waals surface area contributed by atoms with Crippen LogP contribution in [-0.4, -0.2) is 16.6 Å². The molecule has 120 valence electrons. The van der Waals surface area contributed by atoms with Gasteiger partial charge in [-0.05, 0) is 30.9 Å². The normalized spacial score (nSPS) is 19.8. The van der Waals surface area contributed by atoms with E-state index in [0.29, 0.717) is 6.42 Å². The van der Waals surface area contributed by atoms with E-state index in [1.165, 1.54) is 0 Å². The fourth-order valence-corrected chi connectivity index (χ4v) is 3.34. The van der Waals surface area contributed by atoms with Crippen molar-refractivity contribution in [1.82, 2.24) is 0 Å². The number of carboxylic acids is 1. The molecule has 0 aromatic heterocycles.